The Morgan fingerprint density at radius 2 is 2.09 bits per heavy atom. The Morgan fingerprint density at radius 3 is 2.68 bits per heavy atom. The zero-order valence-electron chi connectivity index (χ0n) is 13.1. The Hall–Kier alpha value is -1.76. The van der Waals surface area contributed by atoms with Gasteiger partial charge in [0.15, 0.2) is 9.84 Å². The molecule has 1 saturated heterocycles. The van der Waals surface area contributed by atoms with Crippen LogP contribution in [-0.2, 0) is 9.84 Å². The summed E-state index contributed by atoms with van der Waals surface area (Å²) >= 11 is 0. The molecule has 2 amide bonds. The highest BCUT2D eigenvalue weighted by molar-refractivity contribution is 7.92. The zero-order chi connectivity index (χ0) is 16.3. The number of rotatable bonds is 5. The predicted octanol–water partition coefficient (Wildman–Crippen LogP) is 1.98. The van der Waals surface area contributed by atoms with Crippen LogP contribution in [0.1, 0.15) is 13.8 Å². The third kappa shape index (κ3) is 3.91. The van der Waals surface area contributed by atoms with Crippen molar-refractivity contribution >= 4 is 21.6 Å². The van der Waals surface area contributed by atoms with Crippen LogP contribution < -0.4 is 10.1 Å². The Bertz CT molecular complexity index is 637. The standard InChI is InChI=1S/C15H22N2O4S/c1-11(2)10-22(19,20)14-8-17(9-14)15(18)16-12-5-4-6-13(7-12)21-3/h4-7,11,14H,8-10H2,1-3H3,(H,16,18). The number of hydrogen-bond donors (Lipinski definition) is 1. The number of sulfone groups is 1. The SMILES string of the molecule is COc1cccc(NC(=O)N2CC(S(=O)(=O)CC(C)C)C2)c1. The van der Waals surface area contributed by atoms with Gasteiger partial charge in [0.25, 0.3) is 0 Å². The Morgan fingerprint density at radius 1 is 1.41 bits per heavy atom. The third-order valence-electron chi connectivity index (χ3n) is 3.53. The molecular formula is C15H22N2O4S. The number of anilines is 1. The number of ether oxygens (including phenoxy) is 1. The highest BCUT2D eigenvalue weighted by Gasteiger charge is 2.39. The van der Waals surface area contributed by atoms with E-state index >= 15 is 0 Å². The first-order valence-corrected chi connectivity index (χ1v) is 8.95. The molecule has 1 aromatic carbocycles. The van der Waals surface area contributed by atoms with E-state index in [0.29, 0.717) is 11.4 Å². The number of benzene rings is 1. The lowest BCUT2D eigenvalue weighted by Gasteiger charge is -2.38. The molecule has 7 heteroatoms. The fourth-order valence-corrected chi connectivity index (χ4v) is 4.35. The number of hydrogen-bond acceptors (Lipinski definition) is 4. The molecule has 1 aliphatic heterocycles. The van der Waals surface area contributed by atoms with Crippen molar-refractivity contribution in [2.75, 3.05) is 31.3 Å². The van der Waals surface area contributed by atoms with E-state index in [2.05, 4.69) is 5.32 Å². The predicted molar refractivity (Wildman–Crippen MR) is 86.0 cm³/mol. The smallest absolute Gasteiger partial charge is 0.321 e. The van der Waals surface area contributed by atoms with Crippen molar-refractivity contribution < 1.29 is 17.9 Å². The van der Waals surface area contributed by atoms with E-state index in [0.717, 1.165) is 0 Å². The quantitative estimate of drug-likeness (QED) is 0.898. The maximum Gasteiger partial charge on any atom is 0.321 e. The minimum Gasteiger partial charge on any atom is -0.497 e. The number of nitrogens with zero attached hydrogens (tertiary/aromatic N) is 1. The maximum atomic E-state index is 12.1. The lowest BCUT2D eigenvalue weighted by Crippen LogP contribution is -2.58. The molecule has 0 saturated carbocycles. The second-order valence-corrected chi connectivity index (χ2v) is 8.24. The monoisotopic (exact) mass is 326 g/mol. The zero-order valence-corrected chi connectivity index (χ0v) is 13.9. The molecule has 0 bridgehead atoms. The lowest BCUT2D eigenvalue weighted by molar-refractivity contribution is 0.182. The molecule has 122 valence electrons. The molecule has 22 heavy (non-hydrogen) atoms. The van der Waals surface area contributed by atoms with Gasteiger partial charge < -0.3 is 15.0 Å². The van der Waals surface area contributed by atoms with Crippen molar-refractivity contribution in [1.82, 2.24) is 4.90 Å². The first kappa shape index (κ1) is 16.6. The van der Waals surface area contributed by atoms with Gasteiger partial charge in [-0.1, -0.05) is 19.9 Å². The Balaban J connectivity index is 1.89. The fraction of sp³-hybridized carbons (Fsp3) is 0.533. The van der Waals surface area contributed by atoms with Crippen LogP contribution >= 0.6 is 0 Å². The van der Waals surface area contributed by atoms with Gasteiger partial charge in [0.2, 0.25) is 0 Å². The summed E-state index contributed by atoms with van der Waals surface area (Å²) in [6, 6.07) is 6.75. The van der Waals surface area contributed by atoms with Crippen molar-refractivity contribution in [3.63, 3.8) is 0 Å². The Kier molecular flexibility index (Phi) is 4.95. The fourth-order valence-electron chi connectivity index (χ4n) is 2.34. The van der Waals surface area contributed by atoms with E-state index in [1.165, 1.54) is 4.90 Å². The summed E-state index contributed by atoms with van der Waals surface area (Å²) in [5.41, 5.74) is 0.623. The van der Waals surface area contributed by atoms with Crippen LogP contribution in [0.4, 0.5) is 10.5 Å². The normalized spacial score (nSPS) is 15.5. The minimum atomic E-state index is -3.11. The molecule has 1 aromatic rings. The minimum absolute atomic E-state index is 0.102. The van der Waals surface area contributed by atoms with Crippen LogP contribution in [0, 0.1) is 5.92 Å². The van der Waals surface area contributed by atoms with Crippen LogP contribution in [0.5, 0.6) is 5.75 Å². The second-order valence-electron chi connectivity index (χ2n) is 5.91. The summed E-state index contributed by atoms with van der Waals surface area (Å²) in [6.45, 7) is 4.27. The summed E-state index contributed by atoms with van der Waals surface area (Å²) in [6.07, 6.45) is 0. The van der Waals surface area contributed by atoms with Crippen molar-refractivity contribution in [3.8, 4) is 5.75 Å². The lowest BCUT2D eigenvalue weighted by atomic mass is 10.2. The van der Waals surface area contributed by atoms with Crippen LogP contribution in [0.2, 0.25) is 0 Å². The molecule has 0 radical (unpaired) electrons. The van der Waals surface area contributed by atoms with E-state index in [1.807, 2.05) is 13.8 Å². The number of urea groups is 1. The van der Waals surface area contributed by atoms with Gasteiger partial charge in [-0.25, -0.2) is 13.2 Å². The van der Waals surface area contributed by atoms with E-state index in [9.17, 15) is 13.2 Å². The Labute approximate surface area is 131 Å². The van der Waals surface area contributed by atoms with E-state index < -0.39 is 15.1 Å². The molecular weight excluding hydrogens is 304 g/mol. The van der Waals surface area contributed by atoms with Gasteiger partial charge in [0.1, 0.15) is 5.75 Å². The van der Waals surface area contributed by atoms with Crippen LogP contribution in [0.15, 0.2) is 24.3 Å². The number of amides is 2. The topological polar surface area (TPSA) is 75.7 Å². The van der Waals surface area contributed by atoms with Gasteiger partial charge in [-0.05, 0) is 18.1 Å². The molecule has 2 rings (SSSR count). The summed E-state index contributed by atoms with van der Waals surface area (Å²) in [4.78, 5) is 13.6. The van der Waals surface area contributed by atoms with E-state index in [-0.39, 0.29) is 30.8 Å². The van der Waals surface area contributed by atoms with Crippen molar-refractivity contribution in [2.24, 2.45) is 5.92 Å². The molecule has 1 fully saturated rings. The van der Waals surface area contributed by atoms with Gasteiger partial charge in [0.05, 0.1) is 18.1 Å². The van der Waals surface area contributed by atoms with E-state index in [4.69, 9.17) is 4.74 Å². The average molecular weight is 326 g/mol. The largest absolute Gasteiger partial charge is 0.497 e. The maximum absolute atomic E-state index is 12.1. The molecule has 0 unspecified atom stereocenters. The van der Waals surface area contributed by atoms with Crippen LogP contribution in [-0.4, -0.2) is 50.6 Å². The number of methoxy groups -OCH3 is 1. The average Bonchev–Trinajstić information content (AvgIpc) is 2.34. The molecule has 0 aliphatic carbocycles. The van der Waals surface area contributed by atoms with Crippen molar-refractivity contribution in [1.29, 1.82) is 0 Å². The van der Waals surface area contributed by atoms with Crippen molar-refractivity contribution in [2.45, 2.75) is 19.1 Å². The van der Waals surface area contributed by atoms with E-state index in [1.54, 1.807) is 31.4 Å². The highest BCUT2D eigenvalue weighted by atomic mass is 32.2. The number of nitrogens with one attached hydrogen (secondary N) is 1. The molecule has 1 aliphatic rings. The van der Waals surface area contributed by atoms with Gasteiger partial charge in [-0.3, -0.25) is 0 Å². The molecule has 0 spiro atoms. The van der Waals surface area contributed by atoms with Crippen LogP contribution in [0.25, 0.3) is 0 Å². The third-order valence-corrected chi connectivity index (χ3v) is 5.97. The first-order valence-electron chi connectivity index (χ1n) is 7.23. The molecule has 6 nitrogen and oxygen atoms in total. The molecule has 0 aromatic heterocycles. The summed E-state index contributed by atoms with van der Waals surface area (Å²) in [5, 5.41) is 2.30. The number of likely N-dealkylation sites (tertiary alicyclic amines) is 1. The molecule has 1 heterocycles. The number of carbonyl (C=O) groups excluding carboxylic acids is 1. The first-order chi connectivity index (χ1) is 10.3. The van der Waals surface area contributed by atoms with Crippen LogP contribution in [0.3, 0.4) is 0 Å². The summed E-state index contributed by atoms with van der Waals surface area (Å²) < 4.78 is 29.2. The van der Waals surface area contributed by atoms with Gasteiger partial charge >= 0.3 is 6.03 Å². The summed E-state index contributed by atoms with van der Waals surface area (Å²) in [7, 11) is -1.56. The molecule has 0 atom stereocenters. The van der Waals surface area contributed by atoms with Gasteiger partial charge in [0, 0.05) is 24.8 Å². The number of carbonyl (C=O) groups is 1. The summed E-state index contributed by atoms with van der Waals surface area (Å²) in [5.74, 6) is 0.923. The van der Waals surface area contributed by atoms with Gasteiger partial charge in [-0.15, -0.1) is 0 Å². The second kappa shape index (κ2) is 6.56. The highest BCUT2D eigenvalue weighted by Crippen LogP contribution is 2.21. The van der Waals surface area contributed by atoms with Gasteiger partial charge in [-0.2, -0.15) is 0 Å². The molecule has 1 N–H and O–H groups in total. The van der Waals surface area contributed by atoms with Crippen molar-refractivity contribution in [3.05, 3.63) is 24.3 Å².